The zero-order valence-electron chi connectivity index (χ0n) is 5.58. The minimum atomic E-state index is -1.60. The lowest BCUT2D eigenvalue weighted by Crippen LogP contribution is -1.91. The molecule has 0 saturated carbocycles. The highest BCUT2D eigenvalue weighted by molar-refractivity contribution is 5.39. The van der Waals surface area contributed by atoms with E-state index in [1.54, 1.807) is 0 Å². The molecule has 1 radical (unpaired) electrons. The fourth-order valence-electron chi connectivity index (χ4n) is 0.656. The fraction of sp³-hybridized carbons (Fsp3) is 0. The Labute approximate surface area is 65.2 Å². The van der Waals surface area contributed by atoms with Crippen LogP contribution < -0.4 is 0 Å². The van der Waals surface area contributed by atoms with E-state index in [2.05, 4.69) is 0 Å². The van der Waals surface area contributed by atoms with E-state index in [0.29, 0.717) is 12.1 Å². The predicted molar refractivity (Wildman–Crippen MR) is 33.1 cm³/mol. The number of benzene rings is 1. The van der Waals surface area contributed by atoms with Crippen molar-refractivity contribution < 1.29 is 18.8 Å². The maximum Gasteiger partial charge on any atom is 0.276 e. The smallest absolute Gasteiger partial charge is 0.276 e. The molecule has 0 atom stereocenters. The Balaban J connectivity index is 3.31. The molecule has 0 aromatic heterocycles. The van der Waals surface area contributed by atoms with Crippen molar-refractivity contribution in [2.75, 3.05) is 0 Å². The highest BCUT2D eigenvalue weighted by Crippen LogP contribution is 2.25. The molecule has 0 amide bonds. The van der Waals surface area contributed by atoms with Crippen LogP contribution in [-0.4, -0.2) is 4.92 Å². The molecule has 4 nitrogen and oxygen atoms in total. The molecule has 1 rings (SSSR count). The second-order valence-corrected chi connectivity index (χ2v) is 2.00. The second-order valence-electron chi connectivity index (χ2n) is 2.00. The van der Waals surface area contributed by atoms with Gasteiger partial charge in [-0.25, -0.2) is 4.39 Å². The molecule has 0 bridgehead atoms. The lowest BCUT2D eigenvalue weighted by atomic mass is 10.3. The number of hydrogen-bond donors (Lipinski definition) is 0. The van der Waals surface area contributed by atoms with E-state index in [9.17, 15) is 24.0 Å². The Hall–Kier alpha value is -1.72. The van der Waals surface area contributed by atoms with Crippen LogP contribution in [0.15, 0.2) is 12.1 Å². The van der Waals surface area contributed by atoms with Crippen LogP contribution in [0.2, 0.25) is 0 Å². The van der Waals surface area contributed by atoms with E-state index in [4.69, 9.17) is 0 Å². The maximum absolute atomic E-state index is 12.3. The Morgan fingerprint density at radius 2 is 1.92 bits per heavy atom. The molecule has 12 heavy (non-hydrogen) atoms. The topological polar surface area (TPSA) is 63.0 Å². The van der Waals surface area contributed by atoms with E-state index in [1.807, 2.05) is 0 Å². The van der Waals surface area contributed by atoms with Gasteiger partial charge in [-0.1, -0.05) is 0 Å². The van der Waals surface area contributed by atoms with E-state index in [0.717, 1.165) is 0 Å². The van der Waals surface area contributed by atoms with Crippen molar-refractivity contribution in [2.45, 2.75) is 0 Å². The van der Waals surface area contributed by atoms with Crippen LogP contribution in [0.3, 0.4) is 0 Å². The normalized spacial score (nSPS) is 9.83. The highest BCUT2D eigenvalue weighted by atomic mass is 19.2. The molecular weight excluding hydrogens is 172 g/mol. The summed E-state index contributed by atoms with van der Waals surface area (Å²) in [5, 5.41) is 20.4. The Morgan fingerprint density at radius 3 is 2.33 bits per heavy atom. The Bertz CT molecular complexity index is 317. The van der Waals surface area contributed by atoms with E-state index < -0.39 is 28.0 Å². The number of hydrogen-bond acceptors (Lipinski definition) is 2. The molecule has 0 heterocycles. The molecule has 63 valence electrons. The number of nitrogens with zero attached hydrogens (tertiary/aromatic N) is 1. The first-order valence-electron chi connectivity index (χ1n) is 2.83. The summed E-state index contributed by atoms with van der Waals surface area (Å²) in [6.07, 6.45) is 0. The minimum absolute atomic E-state index is 0.358. The van der Waals surface area contributed by atoms with Gasteiger partial charge in [0.15, 0.2) is 5.82 Å². The molecule has 0 aliphatic heterocycles. The van der Waals surface area contributed by atoms with Gasteiger partial charge >= 0.3 is 0 Å². The lowest BCUT2D eigenvalue weighted by molar-refractivity contribution is -0.385. The van der Waals surface area contributed by atoms with Crippen molar-refractivity contribution in [1.82, 2.24) is 0 Å². The van der Waals surface area contributed by atoms with E-state index >= 15 is 0 Å². The first-order valence-corrected chi connectivity index (χ1v) is 2.83. The molecule has 1 aromatic rings. The molecule has 0 aliphatic carbocycles. The quantitative estimate of drug-likeness (QED) is 0.482. The predicted octanol–water partition coefficient (Wildman–Crippen LogP) is 2.02. The molecule has 0 aliphatic rings. The lowest BCUT2D eigenvalue weighted by Gasteiger charge is -1.93. The third-order valence-electron chi connectivity index (χ3n) is 1.19. The highest BCUT2D eigenvalue weighted by Gasteiger charge is 2.17. The van der Waals surface area contributed by atoms with E-state index in [-0.39, 0.29) is 0 Å². The molecule has 0 spiro atoms. The van der Waals surface area contributed by atoms with Crippen LogP contribution in [0.5, 0.6) is 5.75 Å². The van der Waals surface area contributed by atoms with Gasteiger partial charge in [0.25, 0.3) is 5.69 Å². The Morgan fingerprint density at radius 1 is 1.33 bits per heavy atom. The van der Waals surface area contributed by atoms with Gasteiger partial charge in [0.05, 0.1) is 17.1 Å². The van der Waals surface area contributed by atoms with Crippen LogP contribution in [0.1, 0.15) is 0 Å². The van der Waals surface area contributed by atoms with Gasteiger partial charge in [0.2, 0.25) is 11.6 Å². The molecule has 6 heteroatoms. The zero-order chi connectivity index (χ0) is 9.30. The monoisotopic (exact) mass is 174 g/mol. The van der Waals surface area contributed by atoms with Crippen LogP contribution in [0, 0.1) is 21.7 Å². The first kappa shape index (κ1) is 8.38. The van der Waals surface area contributed by atoms with Crippen LogP contribution in [-0.2, 0) is 5.11 Å². The van der Waals surface area contributed by atoms with Crippen LogP contribution in [0.25, 0.3) is 0 Å². The molecule has 0 unspecified atom stereocenters. The Kier molecular flexibility index (Phi) is 1.90. The van der Waals surface area contributed by atoms with Crippen LogP contribution in [0.4, 0.5) is 14.5 Å². The standard InChI is InChI=1S/C6H2F2NO3/c7-4-1-3(9(11)12)2-5(10)6(4)8/h1-2H. The van der Waals surface area contributed by atoms with Crippen molar-refractivity contribution in [2.24, 2.45) is 0 Å². The molecular formula is C6H2F2NO3. The number of non-ortho nitro benzene ring substituents is 1. The number of rotatable bonds is 1. The van der Waals surface area contributed by atoms with Crippen molar-refractivity contribution in [1.29, 1.82) is 0 Å². The van der Waals surface area contributed by atoms with Crippen LogP contribution >= 0.6 is 0 Å². The summed E-state index contributed by atoms with van der Waals surface area (Å²) in [7, 11) is 0. The van der Waals surface area contributed by atoms with Gasteiger partial charge in [0, 0.05) is 0 Å². The summed E-state index contributed by atoms with van der Waals surface area (Å²) in [5.74, 6) is -4.42. The average molecular weight is 174 g/mol. The average Bonchev–Trinajstić information content (AvgIpc) is 1.99. The molecule has 0 N–H and O–H groups in total. The molecule has 0 saturated heterocycles. The summed E-state index contributed by atoms with van der Waals surface area (Å²) in [5.41, 5.74) is -0.751. The summed E-state index contributed by atoms with van der Waals surface area (Å²) < 4.78 is 24.6. The number of nitro benzene ring substituents is 1. The van der Waals surface area contributed by atoms with Gasteiger partial charge in [0.1, 0.15) is 0 Å². The van der Waals surface area contributed by atoms with Gasteiger partial charge in [-0.05, 0) is 0 Å². The van der Waals surface area contributed by atoms with Crippen molar-refractivity contribution in [3.05, 3.63) is 33.9 Å². The summed E-state index contributed by atoms with van der Waals surface area (Å²) in [6.45, 7) is 0. The van der Waals surface area contributed by atoms with E-state index in [1.165, 1.54) is 0 Å². The third kappa shape index (κ3) is 1.31. The van der Waals surface area contributed by atoms with Crippen molar-refractivity contribution in [3.63, 3.8) is 0 Å². The summed E-state index contributed by atoms with van der Waals surface area (Å²) >= 11 is 0. The molecule has 1 aromatic carbocycles. The van der Waals surface area contributed by atoms with Gasteiger partial charge in [-0.3, -0.25) is 15.2 Å². The SMILES string of the molecule is [O]c1cc([N+](=O)[O-])cc(F)c1F. The van der Waals surface area contributed by atoms with Crippen molar-refractivity contribution in [3.8, 4) is 5.75 Å². The van der Waals surface area contributed by atoms with Gasteiger partial charge < -0.3 is 0 Å². The maximum atomic E-state index is 12.3. The zero-order valence-corrected chi connectivity index (χ0v) is 5.58. The van der Waals surface area contributed by atoms with Crippen molar-refractivity contribution >= 4 is 5.69 Å². The summed E-state index contributed by atoms with van der Waals surface area (Å²) in [6, 6.07) is 0.787. The van der Waals surface area contributed by atoms with Gasteiger partial charge in [-0.15, -0.1) is 0 Å². The number of halogens is 2. The summed E-state index contributed by atoms with van der Waals surface area (Å²) in [4.78, 5) is 9.03. The number of nitro groups is 1. The largest absolute Gasteiger partial charge is 0.286 e. The van der Waals surface area contributed by atoms with Gasteiger partial charge in [-0.2, -0.15) is 4.39 Å². The second kappa shape index (κ2) is 2.72. The minimum Gasteiger partial charge on any atom is -0.286 e. The first-order chi connectivity index (χ1) is 5.52. The fourth-order valence-corrected chi connectivity index (χ4v) is 0.656. The molecule has 0 fully saturated rings. The third-order valence-corrected chi connectivity index (χ3v) is 1.19.